The van der Waals surface area contributed by atoms with Crippen LogP contribution in [0.5, 0.6) is 0 Å². The van der Waals surface area contributed by atoms with E-state index < -0.39 is 0 Å². The monoisotopic (exact) mass is 779 g/mol. The highest BCUT2D eigenvalue weighted by molar-refractivity contribution is 5.76. The van der Waals surface area contributed by atoms with Gasteiger partial charge in [-0.05, 0) is 64.6 Å². The number of esters is 2. The molecule has 2 unspecified atom stereocenters. The molecule has 0 aliphatic carbocycles. The molecule has 0 saturated heterocycles. The Morgan fingerprint density at radius 2 is 0.691 bits per heavy atom. The van der Waals surface area contributed by atoms with Crippen molar-refractivity contribution in [2.75, 3.05) is 45.9 Å². The van der Waals surface area contributed by atoms with Gasteiger partial charge < -0.3 is 19.3 Å². The van der Waals surface area contributed by atoms with E-state index in [0.717, 1.165) is 90.3 Å². The Hall–Kier alpha value is -1.63. The zero-order valence-electron chi connectivity index (χ0n) is 37.8. The molecule has 0 aromatic carbocycles. The van der Waals surface area contributed by atoms with Crippen molar-refractivity contribution in [3.63, 3.8) is 0 Å². The fourth-order valence-corrected chi connectivity index (χ4v) is 7.56. The van der Waals surface area contributed by atoms with Crippen molar-refractivity contribution >= 4 is 17.8 Å². The Morgan fingerprint density at radius 3 is 1.05 bits per heavy atom. The molecule has 326 valence electrons. The molecule has 0 spiro atoms. The van der Waals surface area contributed by atoms with E-state index in [9.17, 15) is 14.4 Å². The molecule has 0 fully saturated rings. The minimum Gasteiger partial charge on any atom is -0.464 e. The molecule has 7 nitrogen and oxygen atoms in total. The summed E-state index contributed by atoms with van der Waals surface area (Å²) < 4.78 is 11.9. The second-order valence-corrected chi connectivity index (χ2v) is 16.6. The second kappa shape index (κ2) is 40.6. The van der Waals surface area contributed by atoms with Gasteiger partial charge in [0.2, 0.25) is 5.91 Å². The number of unbranched alkanes of at least 4 members (excludes halogenated alkanes) is 18. The lowest BCUT2D eigenvalue weighted by Crippen LogP contribution is -2.38. The van der Waals surface area contributed by atoms with E-state index in [1.165, 1.54) is 116 Å². The SMILES string of the molecule is CCCCCCCCC(CCCCCC)C(=O)OCCN(CCOC(=O)C(CCCCCC)CCCCCCCC)C(=O)CCCN(CCCC)CCCC. The van der Waals surface area contributed by atoms with Crippen LogP contribution in [0.25, 0.3) is 0 Å². The maximum absolute atomic E-state index is 13.7. The summed E-state index contributed by atoms with van der Waals surface area (Å²) in [6.07, 6.45) is 33.3. The van der Waals surface area contributed by atoms with Crippen LogP contribution < -0.4 is 0 Å². The molecule has 0 rings (SSSR count). The van der Waals surface area contributed by atoms with E-state index in [1.807, 2.05) is 0 Å². The third-order valence-electron chi connectivity index (χ3n) is 11.4. The van der Waals surface area contributed by atoms with Gasteiger partial charge in [-0.1, -0.05) is 183 Å². The van der Waals surface area contributed by atoms with Crippen molar-refractivity contribution in [1.29, 1.82) is 0 Å². The van der Waals surface area contributed by atoms with Gasteiger partial charge in [-0.3, -0.25) is 14.4 Å². The summed E-state index contributed by atoms with van der Waals surface area (Å²) >= 11 is 0. The molecule has 0 aromatic rings. The van der Waals surface area contributed by atoms with Crippen molar-refractivity contribution in [2.45, 2.75) is 234 Å². The normalized spacial score (nSPS) is 12.6. The van der Waals surface area contributed by atoms with Crippen LogP contribution in [0.4, 0.5) is 0 Å². The molecule has 0 heterocycles. The van der Waals surface area contributed by atoms with Gasteiger partial charge >= 0.3 is 11.9 Å². The first kappa shape index (κ1) is 53.4. The first-order valence-electron chi connectivity index (χ1n) is 24.2. The molecule has 2 atom stereocenters. The summed E-state index contributed by atoms with van der Waals surface area (Å²) in [5.41, 5.74) is 0. The number of hydrogen-bond acceptors (Lipinski definition) is 6. The van der Waals surface area contributed by atoms with Crippen molar-refractivity contribution in [2.24, 2.45) is 11.8 Å². The third-order valence-corrected chi connectivity index (χ3v) is 11.4. The van der Waals surface area contributed by atoms with Crippen LogP contribution in [0.3, 0.4) is 0 Å². The van der Waals surface area contributed by atoms with Gasteiger partial charge in [0.15, 0.2) is 0 Å². The smallest absolute Gasteiger partial charge is 0.308 e. The number of ether oxygens (including phenoxy) is 2. The zero-order chi connectivity index (χ0) is 40.6. The molecule has 0 aliphatic heterocycles. The van der Waals surface area contributed by atoms with E-state index in [0.29, 0.717) is 19.5 Å². The Kier molecular flexibility index (Phi) is 39.4. The van der Waals surface area contributed by atoms with Crippen molar-refractivity contribution < 1.29 is 23.9 Å². The number of nitrogens with zero attached hydrogens (tertiary/aromatic N) is 2. The number of hydrogen-bond donors (Lipinski definition) is 0. The lowest BCUT2D eigenvalue weighted by atomic mass is 9.94. The average Bonchev–Trinajstić information content (AvgIpc) is 3.18. The summed E-state index contributed by atoms with van der Waals surface area (Å²) in [7, 11) is 0. The number of carbonyl (C=O) groups excluding carboxylic acids is 3. The molecule has 0 bridgehead atoms. The standard InChI is InChI=1S/C48H94N2O5/c1-7-13-19-23-25-29-34-44(32-27-21-15-9-3)47(52)54-42-40-50(46(51)36-31-39-49(37-17-11-5)38-18-12-6)41-43-55-48(53)45(33-28-22-16-10-4)35-30-26-24-20-14-8-2/h44-45H,7-43H2,1-6H3. The fourth-order valence-electron chi connectivity index (χ4n) is 7.56. The highest BCUT2D eigenvalue weighted by Crippen LogP contribution is 2.22. The summed E-state index contributed by atoms with van der Waals surface area (Å²) in [6.45, 7) is 17.5. The maximum atomic E-state index is 13.7. The topological polar surface area (TPSA) is 76.1 Å². The van der Waals surface area contributed by atoms with E-state index in [4.69, 9.17) is 9.47 Å². The Bertz CT molecular complexity index is 809. The van der Waals surface area contributed by atoms with Gasteiger partial charge in [-0.25, -0.2) is 0 Å². The van der Waals surface area contributed by atoms with E-state index in [2.05, 4.69) is 46.4 Å². The van der Waals surface area contributed by atoms with Gasteiger partial charge in [-0.15, -0.1) is 0 Å². The predicted octanol–water partition coefficient (Wildman–Crippen LogP) is 13.3. The predicted molar refractivity (Wildman–Crippen MR) is 234 cm³/mol. The van der Waals surface area contributed by atoms with Crippen LogP contribution in [0.15, 0.2) is 0 Å². The molecular formula is C48H94N2O5. The van der Waals surface area contributed by atoms with Crippen LogP contribution >= 0.6 is 0 Å². The summed E-state index contributed by atoms with van der Waals surface area (Å²) in [6, 6.07) is 0. The Morgan fingerprint density at radius 1 is 0.382 bits per heavy atom. The largest absolute Gasteiger partial charge is 0.464 e. The minimum atomic E-state index is -0.105. The molecule has 0 aliphatic rings. The minimum absolute atomic E-state index is 0.0596. The van der Waals surface area contributed by atoms with E-state index in [1.54, 1.807) is 4.90 Å². The second-order valence-electron chi connectivity index (χ2n) is 16.6. The fraction of sp³-hybridized carbons (Fsp3) is 0.938. The highest BCUT2D eigenvalue weighted by Gasteiger charge is 2.23. The molecule has 0 aromatic heterocycles. The van der Waals surface area contributed by atoms with Gasteiger partial charge in [-0.2, -0.15) is 0 Å². The van der Waals surface area contributed by atoms with Crippen LogP contribution in [0.2, 0.25) is 0 Å². The molecule has 0 radical (unpaired) electrons. The molecule has 0 saturated carbocycles. The van der Waals surface area contributed by atoms with Crippen molar-refractivity contribution in [3.8, 4) is 0 Å². The summed E-state index contributed by atoms with van der Waals surface area (Å²) in [5.74, 6) is -0.277. The first-order chi connectivity index (χ1) is 26.9. The molecule has 7 heteroatoms. The summed E-state index contributed by atoms with van der Waals surface area (Å²) in [5, 5.41) is 0. The number of carbonyl (C=O) groups is 3. The van der Waals surface area contributed by atoms with E-state index in [-0.39, 0.29) is 42.9 Å². The lowest BCUT2D eigenvalue weighted by Gasteiger charge is -2.25. The molecule has 1 amide bonds. The zero-order valence-corrected chi connectivity index (χ0v) is 37.8. The lowest BCUT2D eigenvalue weighted by molar-refractivity contribution is -0.152. The van der Waals surface area contributed by atoms with Crippen LogP contribution in [-0.2, 0) is 23.9 Å². The van der Waals surface area contributed by atoms with Gasteiger partial charge in [0.25, 0.3) is 0 Å². The van der Waals surface area contributed by atoms with Gasteiger partial charge in [0.05, 0.1) is 24.9 Å². The molecule has 0 N–H and O–H groups in total. The Balaban J connectivity index is 5.47. The third kappa shape index (κ3) is 32.1. The van der Waals surface area contributed by atoms with Gasteiger partial charge in [0, 0.05) is 6.42 Å². The number of amides is 1. The number of rotatable bonds is 42. The van der Waals surface area contributed by atoms with Crippen molar-refractivity contribution in [1.82, 2.24) is 9.80 Å². The first-order valence-corrected chi connectivity index (χ1v) is 24.2. The average molecular weight is 779 g/mol. The van der Waals surface area contributed by atoms with Crippen molar-refractivity contribution in [3.05, 3.63) is 0 Å². The quantitative estimate of drug-likeness (QED) is 0.0454. The molecule has 55 heavy (non-hydrogen) atoms. The molecular weight excluding hydrogens is 685 g/mol. The maximum Gasteiger partial charge on any atom is 0.308 e. The highest BCUT2D eigenvalue weighted by atomic mass is 16.5. The van der Waals surface area contributed by atoms with Crippen LogP contribution in [0, 0.1) is 11.8 Å². The van der Waals surface area contributed by atoms with Crippen LogP contribution in [-0.4, -0.2) is 73.6 Å². The van der Waals surface area contributed by atoms with Crippen LogP contribution in [0.1, 0.15) is 234 Å². The summed E-state index contributed by atoms with van der Waals surface area (Å²) in [4.78, 5) is 44.8. The van der Waals surface area contributed by atoms with Gasteiger partial charge in [0.1, 0.15) is 13.2 Å². The Labute approximate surface area is 342 Å². The van der Waals surface area contributed by atoms with E-state index >= 15 is 0 Å².